The van der Waals surface area contributed by atoms with Crippen molar-refractivity contribution in [3.8, 4) is 23.0 Å². The average molecular weight is 813 g/mol. The number of ether oxygens (including phenoxy) is 1. The van der Waals surface area contributed by atoms with Crippen LogP contribution in [0, 0.1) is 5.82 Å². The van der Waals surface area contributed by atoms with Crippen LogP contribution in [0.4, 0.5) is 10.2 Å². The first-order valence-electron chi connectivity index (χ1n) is 21.3. The monoisotopic (exact) mass is 812 g/mol. The number of benzene rings is 3. The number of hydrogen-bond donors (Lipinski definition) is 2. The van der Waals surface area contributed by atoms with Crippen molar-refractivity contribution >= 4 is 45.2 Å². The normalized spacial score (nSPS) is 22.6. The van der Waals surface area contributed by atoms with Gasteiger partial charge in [-0.15, -0.1) is 0 Å². The third-order valence-electron chi connectivity index (χ3n) is 13.7. The molecular formula is C46H49FN8O5. The SMILES string of the molecule is CCc1cccc2cc(O)cc(-c3ncc4c(N5CC6CCC(C5)N6C)nc(OCCN5CCC(c6ccc7c(c6)CN(C6CCC(=O)NC6=O)C7=O)CC5)nc4c3F)c12. The van der Waals surface area contributed by atoms with Crippen molar-refractivity contribution in [1.82, 2.24) is 35.0 Å². The van der Waals surface area contributed by atoms with Gasteiger partial charge in [0.15, 0.2) is 5.82 Å². The van der Waals surface area contributed by atoms with E-state index in [0.717, 1.165) is 80.2 Å². The maximum atomic E-state index is 17.0. The fraction of sp³-hybridized carbons (Fsp3) is 0.435. The summed E-state index contributed by atoms with van der Waals surface area (Å²) in [5, 5.41) is 15.3. The van der Waals surface area contributed by atoms with Crippen LogP contribution < -0.4 is 15.0 Å². The predicted octanol–water partition coefficient (Wildman–Crippen LogP) is 5.55. The van der Waals surface area contributed by atoms with E-state index in [2.05, 4.69) is 40.1 Å². The number of likely N-dealkylation sites (N-methyl/N-ethyl adjacent to an activating group) is 1. The molecule has 2 aromatic heterocycles. The summed E-state index contributed by atoms with van der Waals surface area (Å²) in [4.78, 5) is 60.4. The molecule has 0 spiro atoms. The van der Waals surface area contributed by atoms with E-state index in [9.17, 15) is 19.5 Å². The maximum absolute atomic E-state index is 17.0. The zero-order chi connectivity index (χ0) is 41.2. The number of aromatic nitrogens is 3. The highest BCUT2D eigenvalue weighted by atomic mass is 19.1. The molecule has 5 aromatic rings. The van der Waals surface area contributed by atoms with Gasteiger partial charge in [-0.3, -0.25) is 34.5 Å². The lowest BCUT2D eigenvalue weighted by molar-refractivity contribution is -0.136. The molecule has 7 heterocycles. The summed E-state index contributed by atoms with van der Waals surface area (Å²) >= 11 is 0. The van der Waals surface area contributed by atoms with E-state index in [1.807, 2.05) is 30.3 Å². The van der Waals surface area contributed by atoms with Crippen LogP contribution in [0.1, 0.15) is 78.4 Å². The minimum atomic E-state index is -0.627. The number of nitrogens with zero attached hydrogens (tertiary/aromatic N) is 7. The minimum Gasteiger partial charge on any atom is -0.508 e. The lowest BCUT2D eigenvalue weighted by Crippen LogP contribution is -2.52. The highest BCUT2D eigenvalue weighted by molar-refractivity contribution is 6.05. The number of fused-ring (bicyclic) bond motifs is 5. The third-order valence-corrected chi connectivity index (χ3v) is 13.7. The number of carbonyl (C=O) groups excluding carboxylic acids is 3. The fourth-order valence-corrected chi connectivity index (χ4v) is 10.4. The first kappa shape index (κ1) is 38.5. The van der Waals surface area contributed by atoms with Gasteiger partial charge in [-0.1, -0.05) is 37.3 Å². The molecule has 2 bridgehead atoms. The van der Waals surface area contributed by atoms with E-state index >= 15 is 4.39 Å². The van der Waals surface area contributed by atoms with Gasteiger partial charge in [0, 0.05) is 62.0 Å². The Morgan fingerprint density at radius 1 is 0.950 bits per heavy atom. The standard InChI is InChI=1S/C46H49FN8O5/c1-3-26-5-4-6-29-20-33(56)21-35(39(26)29)41-40(47)42-36(22-48-41)43(54-24-31-8-9-32(25-54)52(31)2)51-46(50-42)60-18-17-53-15-13-27(14-16-53)28-7-10-34-30(19-28)23-55(45(34)59)37-11-12-38(57)49-44(37)58/h4-7,10,19-22,27,31-32,37,56H,3,8-9,11-18,23-25H2,1-2H3,(H,49,57,58). The van der Waals surface area contributed by atoms with Crippen LogP contribution in [-0.2, 0) is 22.6 Å². The van der Waals surface area contributed by atoms with Crippen LogP contribution in [0.2, 0.25) is 0 Å². The summed E-state index contributed by atoms with van der Waals surface area (Å²) in [5.41, 5.74) is 4.58. The molecule has 5 aliphatic heterocycles. The molecule has 3 aromatic carbocycles. The highest BCUT2D eigenvalue weighted by Crippen LogP contribution is 2.40. The molecule has 60 heavy (non-hydrogen) atoms. The van der Waals surface area contributed by atoms with Crippen LogP contribution in [0.5, 0.6) is 11.8 Å². The second-order valence-corrected chi connectivity index (χ2v) is 17.1. The van der Waals surface area contributed by atoms with Crippen molar-refractivity contribution in [3.05, 3.63) is 82.8 Å². The lowest BCUT2D eigenvalue weighted by atomic mass is 9.88. The number of aromatic hydroxyl groups is 1. The van der Waals surface area contributed by atoms with Crippen LogP contribution in [0.3, 0.4) is 0 Å². The van der Waals surface area contributed by atoms with Gasteiger partial charge in [0.25, 0.3) is 5.91 Å². The summed E-state index contributed by atoms with van der Waals surface area (Å²) in [7, 11) is 2.18. The third kappa shape index (κ3) is 6.79. The Morgan fingerprint density at radius 3 is 2.52 bits per heavy atom. The largest absolute Gasteiger partial charge is 0.508 e. The number of hydrogen-bond acceptors (Lipinski definition) is 11. The van der Waals surface area contributed by atoms with Gasteiger partial charge in [0.2, 0.25) is 11.8 Å². The number of anilines is 1. The van der Waals surface area contributed by atoms with Gasteiger partial charge in [-0.2, -0.15) is 9.97 Å². The Morgan fingerprint density at radius 2 is 1.75 bits per heavy atom. The number of phenolic OH excluding ortho intramolecular Hbond substituents is 1. The first-order valence-corrected chi connectivity index (χ1v) is 21.3. The van der Waals surface area contributed by atoms with Crippen LogP contribution >= 0.6 is 0 Å². The molecule has 10 rings (SSSR count). The first-order chi connectivity index (χ1) is 29.1. The second kappa shape index (κ2) is 15.4. The van der Waals surface area contributed by atoms with E-state index in [1.165, 1.54) is 5.56 Å². The lowest BCUT2D eigenvalue weighted by Gasteiger charge is -2.39. The number of carbonyl (C=O) groups is 3. The fourth-order valence-electron chi connectivity index (χ4n) is 10.4. The summed E-state index contributed by atoms with van der Waals surface area (Å²) in [6.07, 6.45) is 7.09. The summed E-state index contributed by atoms with van der Waals surface area (Å²) in [6, 6.07) is 15.5. The van der Waals surface area contributed by atoms with Gasteiger partial charge < -0.3 is 19.6 Å². The molecule has 3 atom stereocenters. The van der Waals surface area contributed by atoms with Crippen molar-refractivity contribution < 1.29 is 28.6 Å². The molecule has 310 valence electrons. The Kier molecular flexibility index (Phi) is 9.86. The zero-order valence-corrected chi connectivity index (χ0v) is 34.0. The second-order valence-electron chi connectivity index (χ2n) is 17.1. The topological polar surface area (TPSA) is 144 Å². The van der Waals surface area contributed by atoms with Gasteiger partial charge in [-0.05, 0) is 110 Å². The number of imide groups is 1. The van der Waals surface area contributed by atoms with Crippen LogP contribution in [0.25, 0.3) is 32.9 Å². The highest BCUT2D eigenvalue weighted by Gasteiger charge is 2.40. The number of halogens is 1. The summed E-state index contributed by atoms with van der Waals surface area (Å²) in [5.74, 6) is -0.421. The van der Waals surface area contributed by atoms with E-state index < -0.39 is 17.8 Å². The molecule has 5 aliphatic rings. The Bertz CT molecular complexity index is 2550. The number of piperidine rings is 2. The number of pyridine rings is 1. The molecule has 2 N–H and O–H groups in total. The summed E-state index contributed by atoms with van der Waals surface area (Å²) < 4.78 is 23.3. The van der Waals surface area contributed by atoms with Gasteiger partial charge in [0.05, 0.1) is 5.39 Å². The quantitative estimate of drug-likeness (QED) is 0.181. The number of piperazine rings is 1. The molecule has 13 nitrogen and oxygen atoms in total. The molecule has 3 unspecified atom stereocenters. The number of nitrogens with one attached hydrogen (secondary N) is 1. The number of amides is 3. The van der Waals surface area contributed by atoms with E-state index in [1.54, 1.807) is 23.2 Å². The van der Waals surface area contributed by atoms with E-state index in [0.29, 0.717) is 66.4 Å². The molecule has 14 heteroatoms. The van der Waals surface area contributed by atoms with Crippen LogP contribution in [-0.4, -0.2) is 117 Å². The van der Waals surface area contributed by atoms with Crippen molar-refractivity contribution in [2.45, 2.75) is 82.5 Å². The smallest absolute Gasteiger partial charge is 0.319 e. The Balaban J connectivity index is 0.859. The number of phenols is 1. The number of likely N-dealkylation sites (tertiary alicyclic amines) is 1. The van der Waals surface area contributed by atoms with Gasteiger partial charge in [-0.25, -0.2) is 4.39 Å². The molecule has 0 radical (unpaired) electrons. The van der Waals surface area contributed by atoms with E-state index in [-0.39, 0.29) is 41.2 Å². The van der Waals surface area contributed by atoms with Crippen molar-refractivity contribution in [2.75, 3.05) is 51.3 Å². The Labute approximate surface area is 347 Å². The molecule has 0 aliphatic carbocycles. The molecular weight excluding hydrogens is 764 g/mol. The van der Waals surface area contributed by atoms with Crippen LogP contribution in [0.15, 0.2) is 54.7 Å². The average Bonchev–Trinajstić information content (AvgIpc) is 3.65. The van der Waals surface area contributed by atoms with Crippen molar-refractivity contribution in [2.24, 2.45) is 0 Å². The minimum absolute atomic E-state index is 0.0403. The molecule has 4 fully saturated rings. The Hall–Kier alpha value is -5.73. The van der Waals surface area contributed by atoms with Gasteiger partial charge in [0.1, 0.15) is 35.4 Å². The molecule has 4 saturated heterocycles. The zero-order valence-electron chi connectivity index (χ0n) is 34.0. The maximum Gasteiger partial charge on any atom is 0.319 e. The molecule has 0 saturated carbocycles. The van der Waals surface area contributed by atoms with Crippen molar-refractivity contribution in [3.63, 3.8) is 0 Å². The number of rotatable bonds is 9. The predicted molar refractivity (Wildman–Crippen MR) is 224 cm³/mol. The summed E-state index contributed by atoms with van der Waals surface area (Å²) in [6.45, 7) is 6.68. The van der Waals surface area contributed by atoms with Crippen molar-refractivity contribution in [1.29, 1.82) is 0 Å². The number of aryl methyl sites for hydroxylation is 1. The molecule has 3 amide bonds. The van der Waals surface area contributed by atoms with Gasteiger partial charge >= 0.3 is 6.01 Å². The van der Waals surface area contributed by atoms with E-state index in [4.69, 9.17) is 19.7 Å².